The Bertz CT molecular complexity index is 1050. The normalized spacial score (nSPS) is 19.4. The van der Waals surface area contributed by atoms with Crippen LogP contribution in [-0.2, 0) is 4.74 Å². The number of hydrogen-bond acceptors (Lipinski definition) is 7. The van der Waals surface area contributed by atoms with Gasteiger partial charge in [-0.1, -0.05) is 12.1 Å². The lowest BCUT2D eigenvalue weighted by Gasteiger charge is -2.30. The van der Waals surface area contributed by atoms with Crippen molar-refractivity contribution < 1.29 is 9.13 Å². The van der Waals surface area contributed by atoms with Crippen molar-refractivity contribution in [3.05, 3.63) is 54.1 Å². The Kier molecular flexibility index (Phi) is 5.20. The lowest BCUT2D eigenvalue weighted by Crippen LogP contribution is -2.37. The molecule has 1 atom stereocenters. The molecule has 0 spiro atoms. The fourth-order valence-corrected chi connectivity index (χ4v) is 4.17. The molecule has 2 aliphatic heterocycles. The van der Waals surface area contributed by atoms with Crippen molar-refractivity contribution in [3.63, 3.8) is 0 Å². The van der Waals surface area contributed by atoms with Crippen molar-refractivity contribution in [3.8, 4) is 0 Å². The summed E-state index contributed by atoms with van der Waals surface area (Å²) in [6, 6.07) is 10.9. The van der Waals surface area contributed by atoms with Crippen LogP contribution in [0.1, 0.15) is 18.2 Å². The minimum Gasteiger partial charge on any atom is -0.378 e. The highest BCUT2D eigenvalue weighted by Crippen LogP contribution is 2.37. The summed E-state index contributed by atoms with van der Waals surface area (Å²) < 4.78 is 20.1. The Morgan fingerprint density at radius 1 is 1.17 bits per heavy atom. The third kappa shape index (κ3) is 3.47. The summed E-state index contributed by atoms with van der Waals surface area (Å²) in [5.74, 6) is 0.609. The molecule has 2 aromatic heterocycles. The van der Waals surface area contributed by atoms with E-state index in [0.717, 1.165) is 54.2 Å². The summed E-state index contributed by atoms with van der Waals surface area (Å²) in [7, 11) is 1.89. The van der Waals surface area contributed by atoms with Crippen molar-refractivity contribution in [1.82, 2.24) is 20.8 Å². The van der Waals surface area contributed by atoms with Gasteiger partial charge in [-0.05, 0) is 24.6 Å². The number of benzene rings is 1. The molecule has 0 amide bonds. The molecular formula is C22H25FN6O. The van der Waals surface area contributed by atoms with Crippen LogP contribution in [0.15, 0.2) is 42.6 Å². The molecule has 8 heteroatoms. The lowest BCUT2D eigenvalue weighted by molar-refractivity contribution is 0.122. The maximum atomic E-state index is 14.6. The molecule has 30 heavy (non-hydrogen) atoms. The lowest BCUT2D eigenvalue weighted by atomic mass is 10.1. The van der Waals surface area contributed by atoms with Crippen LogP contribution in [0, 0.1) is 5.82 Å². The standard InChI is InChI=1S/C22H25FN6O/c1-28(18-5-3-2-4-16(18)23)19-14-20(29-10-12-30-13-11-29)26-21-15(19)6-8-24-22(21)17-7-9-25-27-17/h2-6,8,14,17,25,27H,7,9-13H2,1H3. The monoisotopic (exact) mass is 408 g/mol. The van der Waals surface area contributed by atoms with E-state index in [9.17, 15) is 4.39 Å². The van der Waals surface area contributed by atoms with Crippen LogP contribution in [0.25, 0.3) is 10.9 Å². The number of pyridine rings is 2. The van der Waals surface area contributed by atoms with Crippen molar-refractivity contribution in [1.29, 1.82) is 0 Å². The Balaban J connectivity index is 1.69. The van der Waals surface area contributed by atoms with Gasteiger partial charge in [0.1, 0.15) is 11.6 Å². The SMILES string of the molecule is CN(c1ccccc1F)c1cc(N2CCOCC2)nc2c(C3CCNN3)nccc12. The zero-order valence-electron chi connectivity index (χ0n) is 16.9. The predicted molar refractivity (Wildman–Crippen MR) is 116 cm³/mol. The Morgan fingerprint density at radius 2 is 2.00 bits per heavy atom. The van der Waals surface area contributed by atoms with Gasteiger partial charge < -0.3 is 14.5 Å². The Morgan fingerprint density at radius 3 is 2.77 bits per heavy atom. The number of fused-ring (bicyclic) bond motifs is 1. The van der Waals surface area contributed by atoms with Crippen LogP contribution in [0.2, 0.25) is 0 Å². The van der Waals surface area contributed by atoms with Gasteiger partial charge in [-0.2, -0.15) is 0 Å². The molecule has 156 valence electrons. The van der Waals surface area contributed by atoms with Gasteiger partial charge >= 0.3 is 0 Å². The average molecular weight is 408 g/mol. The summed E-state index contributed by atoms with van der Waals surface area (Å²) in [6.45, 7) is 3.78. The Hall–Kier alpha value is -2.81. The van der Waals surface area contributed by atoms with E-state index < -0.39 is 0 Å². The number of nitrogens with zero attached hydrogens (tertiary/aromatic N) is 4. The second kappa shape index (κ2) is 8.14. The second-order valence-electron chi connectivity index (χ2n) is 7.61. The topological polar surface area (TPSA) is 65.6 Å². The Labute approximate surface area is 174 Å². The van der Waals surface area contributed by atoms with Crippen molar-refractivity contribution in [2.45, 2.75) is 12.5 Å². The molecule has 5 rings (SSSR count). The number of hydrogen-bond donors (Lipinski definition) is 2. The minimum absolute atomic E-state index is 0.0905. The highest BCUT2D eigenvalue weighted by molar-refractivity contribution is 5.96. The fraction of sp³-hybridized carbons (Fsp3) is 0.364. The van der Waals surface area contributed by atoms with E-state index in [1.54, 1.807) is 12.1 Å². The number of nitrogens with one attached hydrogen (secondary N) is 2. The first-order valence-electron chi connectivity index (χ1n) is 10.3. The molecule has 3 aromatic rings. The number of anilines is 3. The number of hydrazine groups is 1. The third-order valence-corrected chi connectivity index (χ3v) is 5.80. The number of ether oxygens (including phenoxy) is 1. The van der Waals surface area contributed by atoms with E-state index >= 15 is 0 Å². The maximum absolute atomic E-state index is 14.6. The van der Waals surface area contributed by atoms with E-state index in [1.165, 1.54) is 6.07 Å². The molecule has 0 aliphatic carbocycles. The number of halogens is 1. The molecule has 0 saturated carbocycles. The van der Waals surface area contributed by atoms with Gasteiger partial charge in [0.2, 0.25) is 0 Å². The van der Waals surface area contributed by atoms with E-state index in [4.69, 9.17) is 9.72 Å². The fourth-order valence-electron chi connectivity index (χ4n) is 4.17. The number of aromatic nitrogens is 2. The predicted octanol–water partition coefficient (Wildman–Crippen LogP) is 2.91. The molecule has 1 aromatic carbocycles. The van der Waals surface area contributed by atoms with Crippen LogP contribution in [0.5, 0.6) is 0 Å². The molecular weight excluding hydrogens is 383 g/mol. The highest BCUT2D eigenvalue weighted by atomic mass is 19.1. The van der Waals surface area contributed by atoms with Crippen LogP contribution in [0.4, 0.5) is 21.6 Å². The van der Waals surface area contributed by atoms with Crippen molar-refractivity contribution in [2.75, 3.05) is 49.7 Å². The highest BCUT2D eigenvalue weighted by Gasteiger charge is 2.24. The maximum Gasteiger partial charge on any atom is 0.146 e. The van der Waals surface area contributed by atoms with Gasteiger partial charge in [-0.15, -0.1) is 0 Å². The van der Waals surface area contributed by atoms with Gasteiger partial charge in [-0.25, -0.2) is 14.8 Å². The summed E-state index contributed by atoms with van der Waals surface area (Å²) in [5.41, 5.74) is 9.66. The van der Waals surface area contributed by atoms with E-state index in [-0.39, 0.29) is 11.9 Å². The first-order chi connectivity index (χ1) is 14.7. The van der Waals surface area contributed by atoms with E-state index in [0.29, 0.717) is 18.9 Å². The molecule has 2 saturated heterocycles. The molecule has 4 heterocycles. The molecule has 2 fully saturated rings. The van der Waals surface area contributed by atoms with Crippen LogP contribution in [0.3, 0.4) is 0 Å². The van der Waals surface area contributed by atoms with Crippen LogP contribution < -0.4 is 20.7 Å². The van der Waals surface area contributed by atoms with Gasteiger partial charge in [0.05, 0.1) is 41.8 Å². The van der Waals surface area contributed by atoms with Crippen molar-refractivity contribution in [2.24, 2.45) is 0 Å². The molecule has 2 N–H and O–H groups in total. The summed E-state index contributed by atoms with van der Waals surface area (Å²) >= 11 is 0. The van der Waals surface area contributed by atoms with Gasteiger partial charge in [0, 0.05) is 44.3 Å². The molecule has 0 bridgehead atoms. The average Bonchev–Trinajstić information content (AvgIpc) is 3.33. The quantitative estimate of drug-likeness (QED) is 0.688. The van der Waals surface area contributed by atoms with Crippen LogP contribution in [-0.4, -0.2) is 49.9 Å². The molecule has 0 radical (unpaired) electrons. The minimum atomic E-state index is -0.256. The largest absolute Gasteiger partial charge is 0.378 e. The van der Waals surface area contributed by atoms with Gasteiger partial charge in [0.25, 0.3) is 0 Å². The third-order valence-electron chi connectivity index (χ3n) is 5.80. The zero-order valence-corrected chi connectivity index (χ0v) is 16.9. The number of morpholine rings is 1. The summed E-state index contributed by atoms with van der Waals surface area (Å²) in [6.07, 6.45) is 2.75. The van der Waals surface area contributed by atoms with Gasteiger partial charge in [0.15, 0.2) is 0 Å². The van der Waals surface area contributed by atoms with E-state index in [1.807, 2.05) is 36.3 Å². The molecule has 2 aliphatic rings. The van der Waals surface area contributed by atoms with E-state index in [2.05, 4.69) is 20.7 Å². The number of para-hydroxylation sites is 1. The van der Waals surface area contributed by atoms with Crippen molar-refractivity contribution >= 4 is 28.1 Å². The van der Waals surface area contributed by atoms with Crippen LogP contribution >= 0.6 is 0 Å². The van der Waals surface area contributed by atoms with Gasteiger partial charge in [-0.3, -0.25) is 10.4 Å². The second-order valence-corrected chi connectivity index (χ2v) is 7.61. The molecule has 7 nitrogen and oxygen atoms in total. The number of rotatable bonds is 4. The first-order valence-corrected chi connectivity index (χ1v) is 10.3. The smallest absolute Gasteiger partial charge is 0.146 e. The summed E-state index contributed by atoms with van der Waals surface area (Å²) in [4.78, 5) is 13.8. The summed E-state index contributed by atoms with van der Waals surface area (Å²) in [5, 5.41) is 0.955. The zero-order chi connectivity index (χ0) is 20.5. The first kappa shape index (κ1) is 19.2. The molecule has 1 unspecified atom stereocenters.